The van der Waals surface area contributed by atoms with Crippen molar-refractivity contribution in [2.45, 2.75) is 31.6 Å². The molecule has 198 valence electrons. The van der Waals surface area contributed by atoms with Crippen LogP contribution in [0.15, 0.2) is 72.8 Å². The van der Waals surface area contributed by atoms with Gasteiger partial charge in [0.1, 0.15) is 23.0 Å². The van der Waals surface area contributed by atoms with Gasteiger partial charge in [-0.05, 0) is 108 Å². The van der Waals surface area contributed by atoms with E-state index < -0.39 is 0 Å². The maximum absolute atomic E-state index is 10.3. The number of benzene rings is 4. The topological polar surface area (TPSA) is 162 Å². The molecule has 0 unspecified atom stereocenters. The summed E-state index contributed by atoms with van der Waals surface area (Å²) < 4.78 is 0. The molecule has 0 saturated carbocycles. The molecule has 0 aliphatic heterocycles. The average molecular weight is 519 g/mol. The van der Waals surface area contributed by atoms with Crippen molar-refractivity contribution in [2.24, 2.45) is 5.92 Å². The van der Waals surface area contributed by atoms with Crippen LogP contribution in [0, 0.1) is 5.92 Å². The Hall–Kier alpha value is -4.72. The molecule has 0 spiro atoms. The van der Waals surface area contributed by atoms with Crippen LogP contribution >= 0.6 is 0 Å². The third kappa shape index (κ3) is 6.53. The number of hydrogen-bond acceptors (Lipinski definition) is 8. The SMILES string of the molecule is Oc1cc(O)cc(C[C@@H](CCc2ccc(O)c(O)c2)[C@@H](Cc2cc(O)cc(O)c2)c2ccc(O)c(O)c2)c1. The summed E-state index contributed by atoms with van der Waals surface area (Å²) >= 11 is 0. The number of phenols is 8. The highest BCUT2D eigenvalue weighted by Crippen LogP contribution is 2.39. The highest BCUT2D eigenvalue weighted by atomic mass is 16.3. The molecule has 0 amide bonds. The minimum atomic E-state index is -0.307. The zero-order valence-electron chi connectivity index (χ0n) is 20.5. The van der Waals surface area contributed by atoms with Gasteiger partial charge >= 0.3 is 0 Å². The summed E-state index contributed by atoms with van der Waals surface area (Å²) in [6.45, 7) is 0. The predicted octanol–water partition coefficient (Wildman–Crippen LogP) is 5.15. The summed E-state index contributed by atoms with van der Waals surface area (Å²) in [6, 6.07) is 17.9. The van der Waals surface area contributed by atoms with Crippen LogP contribution in [0.4, 0.5) is 0 Å². The molecule has 2 atom stereocenters. The standard InChI is InChI=1S/C30H30O8/c31-22-8-18(9-23(32)15-22)7-20(3-1-17-2-5-27(35)29(37)13-17)26(21-4-6-28(36)30(38)14-21)12-19-10-24(33)16-25(34)11-19/h2,4-6,8-11,13-16,20,26,31-38H,1,3,7,12H2/t20-,26-/m1/s1. The first-order chi connectivity index (χ1) is 18.1. The van der Waals surface area contributed by atoms with Gasteiger partial charge in [-0.1, -0.05) is 12.1 Å². The van der Waals surface area contributed by atoms with Crippen LogP contribution in [0.25, 0.3) is 0 Å². The summed E-state index contributed by atoms with van der Waals surface area (Å²) in [5, 5.41) is 80.0. The predicted molar refractivity (Wildman–Crippen MR) is 141 cm³/mol. The second kappa shape index (κ2) is 11.1. The minimum absolute atomic E-state index is 0.0843. The summed E-state index contributed by atoms with van der Waals surface area (Å²) in [4.78, 5) is 0. The van der Waals surface area contributed by atoms with E-state index in [-0.39, 0.29) is 57.8 Å². The van der Waals surface area contributed by atoms with Crippen molar-refractivity contribution in [1.82, 2.24) is 0 Å². The van der Waals surface area contributed by atoms with Gasteiger partial charge in [-0.25, -0.2) is 0 Å². The molecule has 0 aliphatic carbocycles. The minimum Gasteiger partial charge on any atom is -0.508 e. The van der Waals surface area contributed by atoms with Crippen LogP contribution in [-0.4, -0.2) is 40.9 Å². The summed E-state index contributed by atoms with van der Waals surface area (Å²) in [5.41, 5.74) is 2.80. The zero-order valence-corrected chi connectivity index (χ0v) is 20.5. The highest BCUT2D eigenvalue weighted by molar-refractivity contribution is 5.44. The largest absolute Gasteiger partial charge is 0.508 e. The van der Waals surface area contributed by atoms with Crippen LogP contribution in [0.1, 0.15) is 34.6 Å². The lowest BCUT2D eigenvalue weighted by molar-refractivity contribution is 0.377. The van der Waals surface area contributed by atoms with Gasteiger partial charge < -0.3 is 40.9 Å². The van der Waals surface area contributed by atoms with Gasteiger partial charge in [0, 0.05) is 12.1 Å². The van der Waals surface area contributed by atoms with E-state index in [0.29, 0.717) is 42.4 Å². The number of aromatic hydroxyl groups is 8. The van der Waals surface area contributed by atoms with Crippen molar-refractivity contribution in [3.63, 3.8) is 0 Å². The Balaban J connectivity index is 1.76. The van der Waals surface area contributed by atoms with Crippen molar-refractivity contribution in [3.8, 4) is 46.0 Å². The van der Waals surface area contributed by atoms with Crippen molar-refractivity contribution in [1.29, 1.82) is 0 Å². The smallest absolute Gasteiger partial charge is 0.157 e. The van der Waals surface area contributed by atoms with Gasteiger partial charge in [-0.15, -0.1) is 0 Å². The number of rotatable bonds is 9. The lowest BCUT2D eigenvalue weighted by Gasteiger charge is -2.29. The Morgan fingerprint density at radius 3 is 1.47 bits per heavy atom. The Labute approximate surface area is 219 Å². The third-order valence-corrected chi connectivity index (χ3v) is 6.72. The Morgan fingerprint density at radius 1 is 0.447 bits per heavy atom. The number of aryl methyl sites for hydroxylation is 1. The first kappa shape index (κ1) is 26.3. The molecule has 0 aromatic heterocycles. The van der Waals surface area contributed by atoms with Crippen LogP contribution in [-0.2, 0) is 19.3 Å². The fourth-order valence-corrected chi connectivity index (χ4v) is 4.96. The molecule has 8 nitrogen and oxygen atoms in total. The maximum atomic E-state index is 10.3. The van der Waals surface area contributed by atoms with E-state index in [1.54, 1.807) is 36.4 Å². The van der Waals surface area contributed by atoms with Gasteiger partial charge in [0.2, 0.25) is 0 Å². The molecule has 4 aromatic rings. The van der Waals surface area contributed by atoms with Crippen molar-refractivity contribution in [2.75, 3.05) is 0 Å². The molecule has 0 aliphatic rings. The van der Waals surface area contributed by atoms with Crippen molar-refractivity contribution < 1.29 is 40.9 Å². The van der Waals surface area contributed by atoms with Crippen molar-refractivity contribution in [3.05, 3.63) is 95.1 Å². The number of phenolic OH excluding ortho intramolecular Hbond substituents is 8. The summed E-state index contributed by atoms with van der Waals surface area (Å²) in [5.74, 6) is -1.85. The Bertz CT molecular complexity index is 1390. The zero-order chi connectivity index (χ0) is 27.4. The van der Waals surface area contributed by atoms with Crippen LogP contribution in [0.5, 0.6) is 46.0 Å². The molecule has 0 fully saturated rings. The fraction of sp³-hybridized carbons (Fsp3) is 0.200. The van der Waals surface area contributed by atoms with Crippen LogP contribution in [0.2, 0.25) is 0 Å². The number of hydrogen-bond donors (Lipinski definition) is 8. The third-order valence-electron chi connectivity index (χ3n) is 6.72. The molecule has 4 rings (SSSR count). The molecule has 0 bridgehead atoms. The van der Waals surface area contributed by atoms with E-state index in [2.05, 4.69) is 0 Å². The molecule has 4 aromatic carbocycles. The quantitative estimate of drug-likeness (QED) is 0.141. The van der Waals surface area contributed by atoms with Gasteiger partial charge in [-0.3, -0.25) is 0 Å². The van der Waals surface area contributed by atoms with Crippen molar-refractivity contribution >= 4 is 0 Å². The molecule has 8 heteroatoms. The Kier molecular flexibility index (Phi) is 7.71. The van der Waals surface area contributed by atoms with E-state index in [1.807, 2.05) is 0 Å². The second-order valence-electron chi connectivity index (χ2n) is 9.60. The molecule has 0 radical (unpaired) electrons. The molecular formula is C30H30O8. The van der Waals surface area contributed by atoms with E-state index >= 15 is 0 Å². The molecular weight excluding hydrogens is 488 g/mol. The first-order valence-corrected chi connectivity index (χ1v) is 12.1. The van der Waals surface area contributed by atoms with Gasteiger partial charge in [-0.2, -0.15) is 0 Å². The molecule has 0 heterocycles. The van der Waals surface area contributed by atoms with Gasteiger partial charge in [0.15, 0.2) is 23.0 Å². The van der Waals surface area contributed by atoms with Crippen LogP contribution < -0.4 is 0 Å². The second-order valence-corrected chi connectivity index (χ2v) is 9.60. The van der Waals surface area contributed by atoms with Gasteiger partial charge in [0.05, 0.1) is 0 Å². The summed E-state index contributed by atoms with van der Waals surface area (Å²) in [6.07, 6.45) is 1.82. The Morgan fingerprint density at radius 2 is 0.947 bits per heavy atom. The van der Waals surface area contributed by atoms with E-state index in [0.717, 1.165) is 5.56 Å². The van der Waals surface area contributed by atoms with E-state index in [9.17, 15) is 40.9 Å². The molecule has 0 saturated heterocycles. The highest BCUT2D eigenvalue weighted by Gasteiger charge is 2.26. The molecule has 8 N–H and O–H groups in total. The van der Waals surface area contributed by atoms with E-state index in [1.165, 1.54) is 36.4 Å². The normalized spacial score (nSPS) is 12.7. The summed E-state index contributed by atoms with van der Waals surface area (Å²) in [7, 11) is 0. The monoisotopic (exact) mass is 518 g/mol. The van der Waals surface area contributed by atoms with E-state index in [4.69, 9.17) is 0 Å². The van der Waals surface area contributed by atoms with Gasteiger partial charge in [0.25, 0.3) is 0 Å². The lowest BCUT2D eigenvalue weighted by atomic mass is 9.75. The average Bonchev–Trinajstić information content (AvgIpc) is 2.83. The first-order valence-electron chi connectivity index (χ1n) is 12.1. The molecule has 38 heavy (non-hydrogen) atoms. The maximum Gasteiger partial charge on any atom is 0.157 e. The lowest BCUT2D eigenvalue weighted by Crippen LogP contribution is -2.19. The fourth-order valence-electron chi connectivity index (χ4n) is 4.96. The van der Waals surface area contributed by atoms with Crippen LogP contribution in [0.3, 0.4) is 0 Å².